The van der Waals surface area contributed by atoms with Gasteiger partial charge in [-0.2, -0.15) is 0 Å². The first-order valence-electron chi connectivity index (χ1n) is 9.68. The molecular formula is C20H28O10. The molecule has 0 aromatic heterocycles. The molecule has 168 valence electrons. The average Bonchev–Trinajstić information content (AvgIpc) is 2.76. The number of hydrogen-bond donors (Lipinski definition) is 6. The van der Waals surface area contributed by atoms with E-state index in [1.807, 2.05) is 36.4 Å². The van der Waals surface area contributed by atoms with Crippen LogP contribution in [0.15, 0.2) is 36.4 Å². The van der Waals surface area contributed by atoms with E-state index in [-0.39, 0.29) is 19.8 Å². The molecule has 1 aromatic rings. The molecule has 1 aromatic carbocycles. The van der Waals surface area contributed by atoms with Crippen molar-refractivity contribution in [3.05, 3.63) is 42.0 Å². The van der Waals surface area contributed by atoms with Gasteiger partial charge in [-0.1, -0.05) is 42.5 Å². The lowest BCUT2D eigenvalue weighted by molar-refractivity contribution is -0.319. The largest absolute Gasteiger partial charge is 0.388 e. The van der Waals surface area contributed by atoms with E-state index in [0.29, 0.717) is 0 Å². The third-order valence-corrected chi connectivity index (χ3v) is 5.01. The van der Waals surface area contributed by atoms with Crippen LogP contribution in [0.5, 0.6) is 0 Å². The van der Waals surface area contributed by atoms with Crippen molar-refractivity contribution in [2.75, 3.05) is 19.8 Å². The van der Waals surface area contributed by atoms with Gasteiger partial charge < -0.3 is 49.6 Å². The summed E-state index contributed by atoms with van der Waals surface area (Å²) in [6, 6.07) is 9.50. The monoisotopic (exact) mass is 428 g/mol. The van der Waals surface area contributed by atoms with Gasteiger partial charge in [0.25, 0.3) is 0 Å². The summed E-state index contributed by atoms with van der Waals surface area (Å²) in [6.07, 6.45) is -8.71. The number of aliphatic hydroxyl groups is 6. The van der Waals surface area contributed by atoms with E-state index in [0.717, 1.165) is 5.56 Å². The van der Waals surface area contributed by atoms with Gasteiger partial charge in [-0.05, 0) is 5.56 Å². The summed E-state index contributed by atoms with van der Waals surface area (Å²) < 4.78 is 21.5. The Balaban J connectivity index is 1.52. The molecule has 30 heavy (non-hydrogen) atoms. The molecule has 0 amide bonds. The molecule has 9 atom stereocenters. The maximum atomic E-state index is 10.2. The molecule has 10 heteroatoms. The second kappa shape index (κ2) is 10.7. The van der Waals surface area contributed by atoms with E-state index in [1.165, 1.54) is 0 Å². The molecule has 0 spiro atoms. The second-order valence-electron chi connectivity index (χ2n) is 7.24. The lowest BCUT2D eigenvalue weighted by Crippen LogP contribution is -2.60. The van der Waals surface area contributed by atoms with Crippen LogP contribution in [0.25, 0.3) is 6.08 Å². The molecule has 2 aliphatic rings. The van der Waals surface area contributed by atoms with Gasteiger partial charge in [0, 0.05) is 0 Å². The summed E-state index contributed by atoms with van der Waals surface area (Å²) in [4.78, 5) is 0. The zero-order valence-corrected chi connectivity index (χ0v) is 16.2. The predicted octanol–water partition coefficient (Wildman–Crippen LogP) is -2.02. The smallest absolute Gasteiger partial charge is 0.187 e. The number of ether oxygens (including phenoxy) is 4. The third kappa shape index (κ3) is 5.62. The molecule has 0 radical (unpaired) electrons. The average molecular weight is 428 g/mol. The first kappa shape index (κ1) is 23.2. The van der Waals surface area contributed by atoms with Crippen molar-refractivity contribution in [1.29, 1.82) is 0 Å². The van der Waals surface area contributed by atoms with Crippen LogP contribution in [0, 0.1) is 0 Å². The van der Waals surface area contributed by atoms with Gasteiger partial charge in [0.15, 0.2) is 12.6 Å². The molecule has 6 N–H and O–H groups in total. The lowest BCUT2D eigenvalue weighted by atomic mass is 9.99. The van der Waals surface area contributed by atoms with Crippen LogP contribution < -0.4 is 0 Å². The molecule has 2 heterocycles. The zero-order valence-electron chi connectivity index (χ0n) is 16.2. The van der Waals surface area contributed by atoms with Crippen LogP contribution in [-0.4, -0.2) is 106 Å². The van der Waals surface area contributed by atoms with Crippen molar-refractivity contribution in [2.45, 2.75) is 55.3 Å². The van der Waals surface area contributed by atoms with E-state index < -0.39 is 55.3 Å². The summed E-state index contributed by atoms with van der Waals surface area (Å²) >= 11 is 0. The molecule has 0 bridgehead atoms. The normalized spacial score (nSPS) is 40.0. The minimum atomic E-state index is -1.54. The molecule has 0 unspecified atom stereocenters. The fourth-order valence-corrected chi connectivity index (χ4v) is 3.21. The van der Waals surface area contributed by atoms with Gasteiger partial charge in [-0.25, -0.2) is 0 Å². The lowest BCUT2D eigenvalue weighted by Gasteiger charge is -2.41. The Hall–Kier alpha value is -1.44. The first-order chi connectivity index (χ1) is 14.4. The van der Waals surface area contributed by atoms with Gasteiger partial charge in [0.05, 0.1) is 19.8 Å². The van der Waals surface area contributed by atoms with Gasteiger partial charge in [0.1, 0.15) is 42.7 Å². The molecular weight excluding hydrogens is 400 g/mol. The summed E-state index contributed by atoms with van der Waals surface area (Å²) in [5, 5.41) is 59.4. The highest BCUT2D eigenvalue weighted by molar-refractivity contribution is 5.48. The second-order valence-corrected chi connectivity index (χ2v) is 7.24. The van der Waals surface area contributed by atoms with Crippen molar-refractivity contribution < 1.29 is 49.6 Å². The quantitative estimate of drug-likeness (QED) is 0.286. The Labute approximate surface area is 173 Å². The van der Waals surface area contributed by atoms with E-state index >= 15 is 0 Å². The first-order valence-corrected chi connectivity index (χ1v) is 9.68. The Morgan fingerprint density at radius 1 is 0.833 bits per heavy atom. The number of hydrogen-bond acceptors (Lipinski definition) is 10. The molecule has 10 nitrogen and oxygen atoms in total. The number of rotatable bonds is 7. The molecule has 3 rings (SSSR count). The summed E-state index contributed by atoms with van der Waals surface area (Å²) in [7, 11) is 0. The Bertz CT molecular complexity index is 671. The van der Waals surface area contributed by atoms with E-state index in [4.69, 9.17) is 18.9 Å². The Kier molecular flexibility index (Phi) is 8.31. The molecule has 2 aliphatic heterocycles. The molecule has 0 aliphatic carbocycles. The number of aliphatic hydroxyl groups excluding tert-OH is 6. The van der Waals surface area contributed by atoms with Crippen molar-refractivity contribution in [3.63, 3.8) is 0 Å². The van der Waals surface area contributed by atoms with E-state index in [1.54, 1.807) is 6.08 Å². The predicted molar refractivity (Wildman–Crippen MR) is 102 cm³/mol. The molecule has 2 saturated heterocycles. The maximum Gasteiger partial charge on any atom is 0.187 e. The van der Waals surface area contributed by atoms with Crippen LogP contribution in [-0.2, 0) is 18.9 Å². The minimum Gasteiger partial charge on any atom is -0.388 e. The van der Waals surface area contributed by atoms with Crippen LogP contribution in [0.2, 0.25) is 0 Å². The summed E-state index contributed by atoms with van der Waals surface area (Å²) in [5.41, 5.74) is 0.964. The van der Waals surface area contributed by atoms with Crippen LogP contribution >= 0.6 is 0 Å². The Morgan fingerprint density at radius 2 is 1.53 bits per heavy atom. The van der Waals surface area contributed by atoms with Crippen molar-refractivity contribution in [2.24, 2.45) is 0 Å². The van der Waals surface area contributed by atoms with Gasteiger partial charge >= 0.3 is 0 Å². The van der Waals surface area contributed by atoms with Crippen LogP contribution in [0.4, 0.5) is 0 Å². The minimum absolute atomic E-state index is 0.0849. The topological polar surface area (TPSA) is 158 Å². The highest BCUT2D eigenvalue weighted by Gasteiger charge is 2.45. The van der Waals surface area contributed by atoms with Crippen LogP contribution in [0.1, 0.15) is 5.56 Å². The Morgan fingerprint density at radius 3 is 2.27 bits per heavy atom. The van der Waals surface area contributed by atoms with Gasteiger partial charge in [-0.3, -0.25) is 0 Å². The summed E-state index contributed by atoms with van der Waals surface area (Å²) in [5.74, 6) is 0. The van der Waals surface area contributed by atoms with E-state index in [2.05, 4.69) is 0 Å². The standard InChI is InChI=1S/C20H28O10/c21-12-9-28-19(17(25)14(12)22)29-10-13-15(23)16(24)18(26)20(30-13)27-8-4-7-11-5-2-1-3-6-11/h1-7,12-26H,8-10H2/b7-4+/t12-,13+,14-,15+,16-,17+,18+,19-,20-/m0/s1. The summed E-state index contributed by atoms with van der Waals surface area (Å²) in [6.45, 7) is -0.478. The van der Waals surface area contributed by atoms with Crippen LogP contribution in [0.3, 0.4) is 0 Å². The van der Waals surface area contributed by atoms with Crippen molar-refractivity contribution in [1.82, 2.24) is 0 Å². The number of benzene rings is 1. The maximum absolute atomic E-state index is 10.2. The highest BCUT2D eigenvalue weighted by Crippen LogP contribution is 2.24. The van der Waals surface area contributed by atoms with Crippen molar-refractivity contribution in [3.8, 4) is 0 Å². The molecule has 0 saturated carbocycles. The molecule has 2 fully saturated rings. The van der Waals surface area contributed by atoms with Gasteiger partial charge in [-0.15, -0.1) is 0 Å². The van der Waals surface area contributed by atoms with Crippen molar-refractivity contribution >= 4 is 6.08 Å². The SMILES string of the molecule is O[C@@H]1[C@@H](O)[C@@H](OC/C=C/c2ccccc2)O[C@H](CO[C@@H]2OC[C@H](O)[C@H](O)[C@H]2O)[C@H]1O. The van der Waals surface area contributed by atoms with E-state index in [9.17, 15) is 30.6 Å². The zero-order chi connectivity index (χ0) is 21.7. The fourth-order valence-electron chi connectivity index (χ4n) is 3.21. The third-order valence-electron chi connectivity index (χ3n) is 5.01. The van der Waals surface area contributed by atoms with Gasteiger partial charge in [0.2, 0.25) is 0 Å². The highest BCUT2D eigenvalue weighted by atomic mass is 16.7. The fraction of sp³-hybridized carbons (Fsp3) is 0.600.